The third-order valence-electron chi connectivity index (χ3n) is 3.41. The summed E-state index contributed by atoms with van der Waals surface area (Å²) in [5.41, 5.74) is 2.44. The molecule has 0 bridgehead atoms. The average molecular weight is 260 g/mol. The summed E-state index contributed by atoms with van der Waals surface area (Å²) in [6.07, 6.45) is 0. The van der Waals surface area contributed by atoms with Crippen molar-refractivity contribution in [3.63, 3.8) is 0 Å². The van der Waals surface area contributed by atoms with Crippen LogP contribution in [0.4, 0.5) is 25.8 Å². The van der Waals surface area contributed by atoms with Crippen LogP contribution in [0, 0.1) is 11.6 Å². The third kappa shape index (κ3) is 1.93. The quantitative estimate of drug-likeness (QED) is 0.808. The Hall–Kier alpha value is -2.10. The average Bonchev–Trinajstić information content (AvgIpc) is 2.78. The Bertz CT molecular complexity index is 613. The molecular formula is C15H14F2N2. The predicted molar refractivity (Wildman–Crippen MR) is 72.8 cm³/mol. The highest BCUT2D eigenvalue weighted by Crippen LogP contribution is 2.40. The Morgan fingerprint density at radius 1 is 1.00 bits per heavy atom. The summed E-state index contributed by atoms with van der Waals surface area (Å²) in [7, 11) is 0. The van der Waals surface area contributed by atoms with Crippen LogP contribution in [0.15, 0.2) is 42.5 Å². The molecule has 2 nitrogen and oxygen atoms in total. The summed E-state index contributed by atoms with van der Waals surface area (Å²) < 4.78 is 26.9. The van der Waals surface area contributed by atoms with Gasteiger partial charge in [-0.2, -0.15) is 0 Å². The number of para-hydroxylation sites is 2. The number of rotatable bonds is 2. The SMILES string of the molecule is CCN1CN(c2ccc(F)cc2F)c2ccccc21. The van der Waals surface area contributed by atoms with Gasteiger partial charge in [0.2, 0.25) is 0 Å². The maximum Gasteiger partial charge on any atom is 0.149 e. The van der Waals surface area contributed by atoms with Crippen molar-refractivity contribution in [2.75, 3.05) is 23.0 Å². The van der Waals surface area contributed by atoms with Gasteiger partial charge in [-0.3, -0.25) is 0 Å². The molecule has 1 aliphatic heterocycles. The van der Waals surface area contributed by atoms with Gasteiger partial charge in [0.25, 0.3) is 0 Å². The number of anilines is 3. The molecule has 0 aromatic heterocycles. The van der Waals surface area contributed by atoms with Crippen molar-refractivity contribution in [3.05, 3.63) is 54.1 Å². The summed E-state index contributed by atoms with van der Waals surface area (Å²) in [5.74, 6) is -1.09. The Kier molecular flexibility index (Phi) is 2.85. The van der Waals surface area contributed by atoms with E-state index >= 15 is 0 Å². The third-order valence-corrected chi connectivity index (χ3v) is 3.41. The maximum absolute atomic E-state index is 13.9. The van der Waals surface area contributed by atoms with Crippen LogP contribution in [0.5, 0.6) is 0 Å². The first-order valence-corrected chi connectivity index (χ1v) is 6.27. The van der Waals surface area contributed by atoms with Crippen molar-refractivity contribution in [3.8, 4) is 0 Å². The largest absolute Gasteiger partial charge is 0.352 e. The summed E-state index contributed by atoms with van der Waals surface area (Å²) >= 11 is 0. The molecule has 0 N–H and O–H groups in total. The molecule has 0 amide bonds. The van der Waals surface area contributed by atoms with Gasteiger partial charge in [-0.25, -0.2) is 8.78 Å². The van der Waals surface area contributed by atoms with Crippen molar-refractivity contribution in [2.24, 2.45) is 0 Å². The minimum Gasteiger partial charge on any atom is -0.352 e. The Balaban J connectivity index is 2.08. The number of benzene rings is 2. The van der Waals surface area contributed by atoms with E-state index in [0.717, 1.165) is 24.0 Å². The molecule has 4 heteroatoms. The Labute approximate surface area is 110 Å². The van der Waals surface area contributed by atoms with E-state index in [0.29, 0.717) is 12.4 Å². The van der Waals surface area contributed by atoms with E-state index in [1.165, 1.54) is 12.1 Å². The summed E-state index contributed by atoms with van der Waals surface area (Å²) in [5, 5.41) is 0. The van der Waals surface area contributed by atoms with Gasteiger partial charge in [0.05, 0.1) is 23.7 Å². The van der Waals surface area contributed by atoms with Crippen molar-refractivity contribution in [2.45, 2.75) is 6.92 Å². The van der Waals surface area contributed by atoms with E-state index in [-0.39, 0.29) is 0 Å². The standard InChI is InChI=1S/C15H14F2N2/c1-2-18-10-19(15-6-4-3-5-14(15)18)13-8-7-11(16)9-12(13)17/h3-9H,2,10H2,1H3. The molecule has 0 atom stereocenters. The molecule has 0 saturated heterocycles. The smallest absolute Gasteiger partial charge is 0.149 e. The van der Waals surface area contributed by atoms with Crippen molar-refractivity contribution < 1.29 is 8.78 Å². The lowest BCUT2D eigenvalue weighted by atomic mass is 10.2. The molecule has 3 rings (SSSR count). The number of fused-ring (bicyclic) bond motifs is 1. The molecule has 1 aliphatic rings. The minimum absolute atomic E-state index is 0.407. The normalized spacial score (nSPS) is 13.8. The van der Waals surface area contributed by atoms with Gasteiger partial charge in [0, 0.05) is 12.6 Å². The number of nitrogens with zero attached hydrogens (tertiary/aromatic N) is 2. The second-order valence-electron chi connectivity index (χ2n) is 4.51. The lowest BCUT2D eigenvalue weighted by molar-refractivity contribution is 0.582. The topological polar surface area (TPSA) is 6.48 Å². The highest BCUT2D eigenvalue weighted by atomic mass is 19.1. The molecule has 0 unspecified atom stereocenters. The first kappa shape index (κ1) is 12.0. The Morgan fingerprint density at radius 2 is 1.74 bits per heavy atom. The van der Waals surface area contributed by atoms with Crippen LogP contribution >= 0.6 is 0 Å². The van der Waals surface area contributed by atoms with E-state index in [1.54, 1.807) is 0 Å². The van der Waals surface area contributed by atoms with E-state index in [2.05, 4.69) is 11.8 Å². The fraction of sp³-hybridized carbons (Fsp3) is 0.200. The molecule has 0 fully saturated rings. The fourth-order valence-electron chi connectivity index (χ4n) is 2.46. The Morgan fingerprint density at radius 3 is 2.42 bits per heavy atom. The highest BCUT2D eigenvalue weighted by Gasteiger charge is 2.27. The summed E-state index contributed by atoms with van der Waals surface area (Å²) in [6, 6.07) is 11.6. The minimum atomic E-state index is -0.555. The second-order valence-corrected chi connectivity index (χ2v) is 4.51. The number of hydrogen-bond acceptors (Lipinski definition) is 2. The van der Waals surface area contributed by atoms with Crippen LogP contribution in [-0.2, 0) is 0 Å². The van der Waals surface area contributed by atoms with Crippen LogP contribution < -0.4 is 9.80 Å². The first-order valence-electron chi connectivity index (χ1n) is 6.27. The monoisotopic (exact) mass is 260 g/mol. The van der Waals surface area contributed by atoms with Gasteiger partial charge in [-0.15, -0.1) is 0 Å². The van der Waals surface area contributed by atoms with E-state index in [9.17, 15) is 8.78 Å². The zero-order chi connectivity index (χ0) is 13.4. The molecular weight excluding hydrogens is 246 g/mol. The van der Waals surface area contributed by atoms with Gasteiger partial charge < -0.3 is 9.80 Å². The summed E-state index contributed by atoms with van der Waals surface area (Å²) in [6.45, 7) is 3.48. The van der Waals surface area contributed by atoms with Crippen molar-refractivity contribution in [1.82, 2.24) is 0 Å². The highest BCUT2D eigenvalue weighted by molar-refractivity contribution is 5.82. The zero-order valence-electron chi connectivity index (χ0n) is 10.6. The summed E-state index contributed by atoms with van der Waals surface area (Å²) in [4.78, 5) is 4.02. The molecule has 0 spiro atoms. The maximum atomic E-state index is 13.9. The van der Waals surface area contributed by atoms with Gasteiger partial charge >= 0.3 is 0 Å². The molecule has 1 heterocycles. The lowest BCUT2D eigenvalue weighted by Crippen LogP contribution is -2.27. The van der Waals surface area contributed by atoms with Crippen molar-refractivity contribution in [1.29, 1.82) is 0 Å². The molecule has 0 radical (unpaired) electrons. The number of halogens is 2. The van der Waals surface area contributed by atoms with E-state index in [1.807, 2.05) is 29.2 Å². The van der Waals surface area contributed by atoms with Crippen LogP contribution in [0.1, 0.15) is 6.92 Å². The number of hydrogen-bond donors (Lipinski definition) is 0. The van der Waals surface area contributed by atoms with Crippen LogP contribution in [0.25, 0.3) is 0 Å². The van der Waals surface area contributed by atoms with Crippen LogP contribution in [0.3, 0.4) is 0 Å². The molecule has 98 valence electrons. The molecule has 2 aromatic carbocycles. The van der Waals surface area contributed by atoms with E-state index in [4.69, 9.17) is 0 Å². The van der Waals surface area contributed by atoms with Crippen LogP contribution in [0.2, 0.25) is 0 Å². The molecule has 0 aliphatic carbocycles. The second kappa shape index (κ2) is 4.53. The van der Waals surface area contributed by atoms with Crippen LogP contribution in [-0.4, -0.2) is 13.2 Å². The fourth-order valence-corrected chi connectivity index (χ4v) is 2.46. The lowest BCUT2D eigenvalue weighted by Gasteiger charge is -2.21. The van der Waals surface area contributed by atoms with Gasteiger partial charge in [-0.1, -0.05) is 12.1 Å². The van der Waals surface area contributed by atoms with Gasteiger partial charge in [-0.05, 0) is 31.2 Å². The van der Waals surface area contributed by atoms with Crippen molar-refractivity contribution >= 4 is 17.1 Å². The molecule has 19 heavy (non-hydrogen) atoms. The van der Waals surface area contributed by atoms with Gasteiger partial charge in [0.15, 0.2) is 0 Å². The molecule has 2 aromatic rings. The van der Waals surface area contributed by atoms with E-state index < -0.39 is 11.6 Å². The first-order chi connectivity index (χ1) is 9.20. The van der Waals surface area contributed by atoms with Gasteiger partial charge in [0.1, 0.15) is 11.6 Å². The predicted octanol–water partition coefficient (Wildman–Crippen LogP) is 3.90. The molecule has 0 saturated carbocycles. The zero-order valence-corrected chi connectivity index (χ0v) is 10.6.